The fraction of sp³-hybridized carbons (Fsp3) is 0.636. The summed E-state index contributed by atoms with van der Waals surface area (Å²) in [4.78, 5) is 2.21. The number of hydrogen-bond donors (Lipinski definition) is 0. The molecule has 1 aliphatic rings. The normalized spacial score (nSPS) is 16.2. The summed E-state index contributed by atoms with van der Waals surface area (Å²) in [5, 5.41) is 8.38. The van der Waals surface area contributed by atoms with E-state index in [2.05, 4.69) is 15.1 Å². The number of anilines is 1. The Hall–Kier alpha value is -0.910. The Morgan fingerprint density at radius 1 is 1.41 bits per heavy atom. The summed E-state index contributed by atoms with van der Waals surface area (Å²) in [5.74, 6) is 0. The number of halogens is 1. The highest BCUT2D eigenvalue weighted by atomic mass is 35.5. The third kappa shape index (κ3) is 3.28. The van der Waals surface area contributed by atoms with E-state index in [0.717, 1.165) is 37.7 Å². The van der Waals surface area contributed by atoms with Gasteiger partial charge >= 0.3 is 0 Å². The van der Waals surface area contributed by atoms with Crippen LogP contribution in [0.2, 0.25) is 5.15 Å². The smallest absolute Gasteiger partial charge is 0.153 e. The molecule has 6 heteroatoms. The Morgan fingerprint density at radius 3 is 2.88 bits per heavy atom. The molecule has 17 heavy (non-hydrogen) atoms. The van der Waals surface area contributed by atoms with E-state index in [-0.39, 0.29) is 0 Å². The van der Waals surface area contributed by atoms with E-state index in [9.17, 15) is 0 Å². The average molecular weight is 258 g/mol. The average Bonchev–Trinajstić information content (AvgIpc) is 2.38. The van der Waals surface area contributed by atoms with Gasteiger partial charge in [0.05, 0.1) is 25.5 Å². The Kier molecular flexibility index (Phi) is 4.53. The quantitative estimate of drug-likeness (QED) is 0.818. The number of aromatic nitrogens is 2. The molecule has 5 nitrogen and oxygen atoms in total. The number of rotatable bonds is 4. The summed E-state index contributed by atoms with van der Waals surface area (Å²) >= 11 is 5.90. The van der Waals surface area contributed by atoms with Gasteiger partial charge in [0.1, 0.15) is 5.69 Å². The molecule has 0 unspecified atom stereocenters. The molecule has 0 atom stereocenters. The van der Waals surface area contributed by atoms with Crippen molar-refractivity contribution >= 4 is 17.3 Å². The van der Waals surface area contributed by atoms with Crippen molar-refractivity contribution in [3.63, 3.8) is 0 Å². The van der Waals surface area contributed by atoms with Crippen molar-refractivity contribution in [3.05, 3.63) is 16.9 Å². The van der Waals surface area contributed by atoms with Crippen LogP contribution in [-0.4, -0.2) is 43.1 Å². The maximum Gasteiger partial charge on any atom is 0.153 e. The van der Waals surface area contributed by atoms with Crippen LogP contribution in [0.4, 0.5) is 5.69 Å². The molecule has 0 bridgehead atoms. The molecule has 94 valence electrons. The molecule has 1 aliphatic heterocycles. The van der Waals surface area contributed by atoms with Gasteiger partial charge in [-0.15, -0.1) is 10.2 Å². The van der Waals surface area contributed by atoms with E-state index >= 15 is 0 Å². The minimum atomic E-state index is 0.409. The van der Waals surface area contributed by atoms with Gasteiger partial charge in [-0.25, -0.2) is 0 Å². The minimum absolute atomic E-state index is 0.409. The molecule has 0 spiro atoms. The van der Waals surface area contributed by atoms with Gasteiger partial charge in [-0.2, -0.15) is 0 Å². The van der Waals surface area contributed by atoms with Crippen LogP contribution in [0.25, 0.3) is 0 Å². The Bertz CT molecular complexity index is 370. The third-order valence-electron chi connectivity index (χ3n) is 2.61. The van der Waals surface area contributed by atoms with E-state index in [0.29, 0.717) is 18.4 Å². The zero-order valence-electron chi connectivity index (χ0n) is 9.86. The van der Waals surface area contributed by atoms with Gasteiger partial charge in [0.2, 0.25) is 0 Å². The van der Waals surface area contributed by atoms with Gasteiger partial charge in [-0.05, 0) is 6.92 Å². The van der Waals surface area contributed by atoms with E-state index in [1.165, 1.54) is 0 Å². The van der Waals surface area contributed by atoms with Crippen molar-refractivity contribution < 1.29 is 9.47 Å². The summed E-state index contributed by atoms with van der Waals surface area (Å²) in [6.07, 6.45) is 0. The molecule has 1 aromatic heterocycles. The first-order valence-corrected chi connectivity index (χ1v) is 6.11. The molecule has 2 rings (SSSR count). The largest absolute Gasteiger partial charge is 0.378 e. The molecule has 0 N–H and O–H groups in total. The van der Waals surface area contributed by atoms with Crippen LogP contribution in [0.15, 0.2) is 6.07 Å². The summed E-state index contributed by atoms with van der Waals surface area (Å²) in [7, 11) is 0. The summed E-state index contributed by atoms with van der Waals surface area (Å²) in [6, 6.07) is 1.84. The SMILES string of the molecule is CCOCc1nnc(Cl)cc1N1CCOCC1. The number of nitrogens with zero attached hydrogens (tertiary/aromatic N) is 3. The molecule has 1 saturated heterocycles. The van der Waals surface area contributed by atoms with Crippen molar-refractivity contribution in [1.29, 1.82) is 0 Å². The molecule has 2 heterocycles. The van der Waals surface area contributed by atoms with Gasteiger partial charge in [-0.1, -0.05) is 11.6 Å². The molecule has 0 aromatic carbocycles. The van der Waals surface area contributed by atoms with Gasteiger partial charge < -0.3 is 14.4 Å². The van der Waals surface area contributed by atoms with E-state index < -0.39 is 0 Å². The van der Waals surface area contributed by atoms with E-state index in [1.807, 2.05) is 13.0 Å². The Balaban J connectivity index is 2.19. The van der Waals surface area contributed by atoms with Crippen molar-refractivity contribution in [1.82, 2.24) is 10.2 Å². The highest BCUT2D eigenvalue weighted by Gasteiger charge is 2.16. The zero-order chi connectivity index (χ0) is 12.1. The highest BCUT2D eigenvalue weighted by Crippen LogP contribution is 2.22. The van der Waals surface area contributed by atoms with Crippen LogP contribution in [0.3, 0.4) is 0 Å². The standard InChI is InChI=1S/C11H16ClN3O2/c1-2-16-8-9-10(7-11(12)14-13-9)15-3-5-17-6-4-15/h7H,2-6,8H2,1H3. The number of hydrogen-bond acceptors (Lipinski definition) is 5. The fourth-order valence-electron chi connectivity index (χ4n) is 1.76. The van der Waals surface area contributed by atoms with Crippen LogP contribution in [0.1, 0.15) is 12.6 Å². The lowest BCUT2D eigenvalue weighted by atomic mass is 10.2. The number of morpholine rings is 1. The predicted octanol–water partition coefficient (Wildman–Crippen LogP) is 1.50. The van der Waals surface area contributed by atoms with Crippen LogP contribution in [0.5, 0.6) is 0 Å². The predicted molar refractivity (Wildman–Crippen MR) is 65.4 cm³/mol. The van der Waals surface area contributed by atoms with Crippen LogP contribution in [0, 0.1) is 0 Å². The first-order valence-electron chi connectivity index (χ1n) is 5.73. The summed E-state index contributed by atoms with van der Waals surface area (Å²) < 4.78 is 10.7. The molecular formula is C11H16ClN3O2. The van der Waals surface area contributed by atoms with Gasteiger partial charge in [0.15, 0.2) is 5.15 Å². The Morgan fingerprint density at radius 2 is 2.18 bits per heavy atom. The highest BCUT2D eigenvalue weighted by molar-refractivity contribution is 6.29. The topological polar surface area (TPSA) is 47.5 Å². The minimum Gasteiger partial charge on any atom is -0.378 e. The van der Waals surface area contributed by atoms with Crippen LogP contribution in [-0.2, 0) is 16.1 Å². The van der Waals surface area contributed by atoms with Crippen LogP contribution < -0.4 is 4.90 Å². The van der Waals surface area contributed by atoms with Crippen molar-refractivity contribution in [2.45, 2.75) is 13.5 Å². The lowest BCUT2D eigenvalue weighted by Gasteiger charge is -2.29. The lowest BCUT2D eigenvalue weighted by molar-refractivity contribution is 0.120. The van der Waals surface area contributed by atoms with Gasteiger partial charge in [0.25, 0.3) is 0 Å². The maximum absolute atomic E-state index is 5.90. The summed E-state index contributed by atoms with van der Waals surface area (Å²) in [6.45, 7) is 6.24. The lowest BCUT2D eigenvalue weighted by Crippen LogP contribution is -2.37. The second-order valence-electron chi connectivity index (χ2n) is 3.74. The monoisotopic (exact) mass is 257 g/mol. The molecule has 1 aromatic rings. The fourth-order valence-corrected chi connectivity index (χ4v) is 1.91. The molecule has 0 amide bonds. The van der Waals surface area contributed by atoms with Crippen LogP contribution >= 0.6 is 11.6 Å². The maximum atomic E-state index is 5.90. The molecule has 0 aliphatic carbocycles. The molecule has 0 radical (unpaired) electrons. The van der Waals surface area contributed by atoms with E-state index in [1.54, 1.807) is 0 Å². The number of ether oxygens (including phenoxy) is 2. The first-order chi connectivity index (χ1) is 8.31. The Labute approximate surface area is 106 Å². The second kappa shape index (κ2) is 6.14. The van der Waals surface area contributed by atoms with Crippen molar-refractivity contribution in [2.24, 2.45) is 0 Å². The van der Waals surface area contributed by atoms with Crippen molar-refractivity contribution in [2.75, 3.05) is 37.8 Å². The summed E-state index contributed by atoms with van der Waals surface area (Å²) in [5.41, 5.74) is 1.83. The van der Waals surface area contributed by atoms with Gasteiger partial charge in [-0.3, -0.25) is 0 Å². The molecular weight excluding hydrogens is 242 g/mol. The zero-order valence-corrected chi connectivity index (χ0v) is 10.6. The van der Waals surface area contributed by atoms with Crippen molar-refractivity contribution in [3.8, 4) is 0 Å². The second-order valence-corrected chi connectivity index (χ2v) is 4.12. The molecule has 0 saturated carbocycles. The first kappa shape index (κ1) is 12.5. The third-order valence-corrected chi connectivity index (χ3v) is 2.80. The molecule has 1 fully saturated rings. The van der Waals surface area contributed by atoms with E-state index in [4.69, 9.17) is 21.1 Å². The van der Waals surface area contributed by atoms with Gasteiger partial charge in [0, 0.05) is 25.8 Å².